The number of halogens is 1. The van der Waals surface area contributed by atoms with Gasteiger partial charge in [-0.1, -0.05) is 37.1 Å². The van der Waals surface area contributed by atoms with Crippen LogP contribution in [-0.4, -0.2) is 58.6 Å². The molecule has 1 aliphatic rings. The van der Waals surface area contributed by atoms with Crippen molar-refractivity contribution in [2.24, 2.45) is 0 Å². The summed E-state index contributed by atoms with van der Waals surface area (Å²) in [6.07, 6.45) is 6.53. The lowest BCUT2D eigenvalue weighted by Gasteiger charge is -2.28. The van der Waals surface area contributed by atoms with Crippen LogP contribution in [0.1, 0.15) is 50.4 Å². The van der Waals surface area contributed by atoms with Gasteiger partial charge in [-0.15, -0.1) is 0 Å². The molecule has 0 atom stereocenters. The van der Waals surface area contributed by atoms with Crippen molar-refractivity contribution in [1.29, 1.82) is 0 Å². The summed E-state index contributed by atoms with van der Waals surface area (Å²) in [5.74, 6) is 1.79. The second-order valence-corrected chi connectivity index (χ2v) is 9.85. The van der Waals surface area contributed by atoms with Crippen LogP contribution in [0.4, 0.5) is 0 Å². The topological polar surface area (TPSA) is 33.5 Å². The molecule has 1 saturated heterocycles. The van der Waals surface area contributed by atoms with Crippen molar-refractivity contribution < 1.29 is 4.74 Å². The Morgan fingerprint density at radius 3 is 2.44 bits per heavy atom. The van der Waals surface area contributed by atoms with Gasteiger partial charge < -0.3 is 19.1 Å². The van der Waals surface area contributed by atoms with Crippen LogP contribution in [0, 0.1) is 6.92 Å². The van der Waals surface area contributed by atoms with E-state index >= 15 is 0 Å². The van der Waals surface area contributed by atoms with Gasteiger partial charge in [-0.2, -0.15) is 0 Å². The highest BCUT2D eigenvalue weighted by atomic mass is 35.5. The number of nitrogens with zero attached hydrogens (tertiary/aromatic N) is 4. The molecular weight excluding hydrogens is 444 g/mol. The first-order chi connectivity index (χ1) is 16.6. The first-order valence-corrected chi connectivity index (χ1v) is 13.3. The molecule has 34 heavy (non-hydrogen) atoms. The average Bonchev–Trinajstić information content (AvgIpc) is 3.22. The number of ether oxygens (including phenoxy) is 1. The maximum absolute atomic E-state index is 6.06. The summed E-state index contributed by atoms with van der Waals surface area (Å²) in [5.41, 5.74) is 3.48. The summed E-state index contributed by atoms with van der Waals surface area (Å²) in [5, 5.41) is 0.714. The molecule has 184 valence electrons. The number of imidazole rings is 1. The number of fused-ring (bicyclic) bond motifs is 1. The minimum absolute atomic E-state index is 0.447. The quantitative estimate of drug-likeness (QED) is 0.309. The molecule has 6 heteroatoms. The third-order valence-corrected chi connectivity index (χ3v) is 7.19. The molecule has 0 spiro atoms. The Kier molecular flexibility index (Phi) is 9.25. The minimum Gasteiger partial charge on any atom is -0.486 e. The summed E-state index contributed by atoms with van der Waals surface area (Å²) in [7, 11) is 0. The van der Waals surface area contributed by atoms with E-state index in [1.165, 1.54) is 62.9 Å². The van der Waals surface area contributed by atoms with Crippen molar-refractivity contribution in [3.63, 3.8) is 0 Å². The molecule has 0 radical (unpaired) electrons. The molecule has 5 nitrogen and oxygen atoms in total. The maximum atomic E-state index is 6.06. The fourth-order valence-electron chi connectivity index (χ4n) is 4.95. The van der Waals surface area contributed by atoms with Gasteiger partial charge in [0.05, 0.1) is 11.0 Å². The molecule has 1 aliphatic heterocycles. The van der Waals surface area contributed by atoms with Crippen LogP contribution < -0.4 is 4.74 Å². The summed E-state index contributed by atoms with van der Waals surface area (Å²) >= 11 is 6.01. The Bertz CT molecular complexity index is 1030. The van der Waals surface area contributed by atoms with E-state index in [0.29, 0.717) is 11.6 Å². The van der Waals surface area contributed by atoms with Crippen LogP contribution in [0.15, 0.2) is 42.5 Å². The Balaban J connectivity index is 1.35. The number of aromatic nitrogens is 2. The highest BCUT2D eigenvalue weighted by molar-refractivity contribution is 6.30. The van der Waals surface area contributed by atoms with E-state index in [9.17, 15) is 0 Å². The number of para-hydroxylation sites is 1. The molecule has 4 rings (SSSR count). The molecule has 3 aromatic rings. The second-order valence-electron chi connectivity index (χ2n) is 9.41. The van der Waals surface area contributed by atoms with Crippen LogP contribution in [0.5, 0.6) is 5.75 Å². The van der Waals surface area contributed by atoms with Gasteiger partial charge in [0.2, 0.25) is 0 Å². The Morgan fingerprint density at radius 1 is 0.971 bits per heavy atom. The standard InChI is InChI=1S/C28H39ClN4O/c1-3-31(18-8-20-32-16-5-4-6-17-32)19-9-21-33-26-11-7-10-23(2)28(26)30-27(33)22-34-25-14-12-24(29)13-15-25/h7,10-15H,3-6,8-9,16-22H2,1-2H3. The zero-order valence-electron chi connectivity index (χ0n) is 20.8. The van der Waals surface area contributed by atoms with Crippen LogP contribution >= 0.6 is 11.6 Å². The largest absolute Gasteiger partial charge is 0.486 e. The lowest BCUT2D eigenvalue weighted by Crippen LogP contribution is -2.34. The predicted octanol–water partition coefficient (Wildman–Crippen LogP) is 6.17. The number of piperidine rings is 1. The van der Waals surface area contributed by atoms with Gasteiger partial charge in [-0.05, 0) is 108 Å². The lowest BCUT2D eigenvalue weighted by atomic mass is 10.1. The summed E-state index contributed by atoms with van der Waals surface area (Å²) in [6, 6.07) is 14.0. The fourth-order valence-corrected chi connectivity index (χ4v) is 5.08. The molecule has 0 saturated carbocycles. The number of likely N-dealkylation sites (tertiary alicyclic amines) is 1. The predicted molar refractivity (Wildman–Crippen MR) is 142 cm³/mol. The van der Waals surface area contributed by atoms with Crippen LogP contribution in [0.3, 0.4) is 0 Å². The number of benzene rings is 2. The number of rotatable bonds is 12. The third-order valence-electron chi connectivity index (χ3n) is 6.94. The molecule has 0 amide bonds. The van der Waals surface area contributed by atoms with Crippen molar-refractivity contribution in [3.05, 3.63) is 58.9 Å². The van der Waals surface area contributed by atoms with Gasteiger partial charge in [0, 0.05) is 11.6 Å². The number of hydrogen-bond donors (Lipinski definition) is 0. The van der Waals surface area contributed by atoms with Crippen molar-refractivity contribution in [3.8, 4) is 5.75 Å². The highest BCUT2D eigenvalue weighted by Gasteiger charge is 2.14. The molecule has 2 heterocycles. The van der Waals surface area contributed by atoms with Crippen LogP contribution in [-0.2, 0) is 13.2 Å². The van der Waals surface area contributed by atoms with E-state index in [0.717, 1.165) is 43.1 Å². The summed E-state index contributed by atoms with van der Waals surface area (Å²) in [6.45, 7) is 13.0. The van der Waals surface area contributed by atoms with Gasteiger partial charge in [-0.3, -0.25) is 0 Å². The van der Waals surface area contributed by atoms with E-state index in [4.69, 9.17) is 21.3 Å². The smallest absolute Gasteiger partial charge is 0.148 e. The van der Waals surface area contributed by atoms with Gasteiger partial charge in [0.15, 0.2) is 0 Å². The zero-order chi connectivity index (χ0) is 23.8. The van der Waals surface area contributed by atoms with E-state index in [-0.39, 0.29) is 0 Å². The van der Waals surface area contributed by atoms with E-state index < -0.39 is 0 Å². The molecule has 0 bridgehead atoms. The van der Waals surface area contributed by atoms with Crippen LogP contribution in [0.25, 0.3) is 11.0 Å². The van der Waals surface area contributed by atoms with E-state index in [2.05, 4.69) is 46.4 Å². The van der Waals surface area contributed by atoms with Gasteiger partial charge >= 0.3 is 0 Å². The van der Waals surface area contributed by atoms with Gasteiger partial charge in [0.25, 0.3) is 0 Å². The Labute approximate surface area is 209 Å². The van der Waals surface area contributed by atoms with Crippen LogP contribution in [0.2, 0.25) is 5.02 Å². The van der Waals surface area contributed by atoms with E-state index in [1.54, 1.807) is 0 Å². The van der Waals surface area contributed by atoms with Gasteiger partial charge in [-0.25, -0.2) is 4.98 Å². The van der Waals surface area contributed by atoms with E-state index in [1.807, 2.05) is 24.3 Å². The Morgan fingerprint density at radius 2 is 1.71 bits per heavy atom. The van der Waals surface area contributed by atoms with Crippen molar-refractivity contribution in [2.45, 2.75) is 59.1 Å². The molecule has 2 aromatic carbocycles. The maximum Gasteiger partial charge on any atom is 0.148 e. The SMILES string of the molecule is CCN(CCCN1CCCCC1)CCCn1c(COc2ccc(Cl)cc2)nc2c(C)cccc21. The molecule has 0 aliphatic carbocycles. The van der Waals surface area contributed by atoms with Crippen molar-refractivity contribution >= 4 is 22.6 Å². The normalized spacial score (nSPS) is 14.8. The van der Waals surface area contributed by atoms with Gasteiger partial charge in [0.1, 0.15) is 18.2 Å². The average molecular weight is 483 g/mol. The molecule has 1 aromatic heterocycles. The zero-order valence-corrected chi connectivity index (χ0v) is 21.6. The monoisotopic (exact) mass is 482 g/mol. The summed E-state index contributed by atoms with van der Waals surface area (Å²) < 4.78 is 8.41. The van der Waals surface area contributed by atoms with Crippen molar-refractivity contribution in [2.75, 3.05) is 39.3 Å². The number of aryl methyl sites for hydroxylation is 2. The fraction of sp³-hybridized carbons (Fsp3) is 0.536. The molecule has 0 unspecified atom stereocenters. The first-order valence-electron chi connectivity index (χ1n) is 12.9. The molecular formula is C28H39ClN4O. The third kappa shape index (κ3) is 6.74. The highest BCUT2D eigenvalue weighted by Crippen LogP contribution is 2.22. The first kappa shape index (κ1) is 25.0. The number of hydrogen-bond acceptors (Lipinski definition) is 4. The second kappa shape index (κ2) is 12.6. The van der Waals surface area contributed by atoms with Crippen molar-refractivity contribution in [1.82, 2.24) is 19.4 Å². The minimum atomic E-state index is 0.447. The molecule has 0 N–H and O–H groups in total. The molecule has 1 fully saturated rings. The Hall–Kier alpha value is -2.08. The lowest BCUT2D eigenvalue weighted by molar-refractivity contribution is 0.203. The summed E-state index contributed by atoms with van der Waals surface area (Å²) in [4.78, 5) is 10.2.